The molecule has 0 bridgehead atoms. The number of likely N-dealkylation sites (tertiary alicyclic amines) is 2. The summed E-state index contributed by atoms with van der Waals surface area (Å²) in [5.74, 6) is 1.15. The molecular weight excluding hydrogens is 288 g/mol. The summed E-state index contributed by atoms with van der Waals surface area (Å²) in [7, 11) is 2.20. The summed E-state index contributed by atoms with van der Waals surface area (Å²) in [5.41, 5.74) is 1.07. The maximum absolute atomic E-state index is 12.8. The molecule has 0 aliphatic carbocycles. The first kappa shape index (κ1) is 16.3. The van der Waals surface area contributed by atoms with Gasteiger partial charge in [0.1, 0.15) is 5.75 Å². The minimum absolute atomic E-state index is 0.275. The second-order valence-electron chi connectivity index (χ2n) is 6.74. The molecule has 0 spiro atoms. The normalized spacial score (nSPS) is 25.0. The highest BCUT2D eigenvalue weighted by Crippen LogP contribution is 2.29. The van der Waals surface area contributed by atoms with Crippen molar-refractivity contribution >= 4 is 5.91 Å². The van der Waals surface area contributed by atoms with Gasteiger partial charge in [-0.25, -0.2) is 0 Å². The van der Waals surface area contributed by atoms with Gasteiger partial charge in [0.15, 0.2) is 0 Å². The summed E-state index contributed by atoms with van der Waals surface area (Å²) in [4.78, 5) is 17.4. The van der Waals surface area contributed by atoms with E-state index in [2.05, 4.69) is 16.8 Å². The molecule has 1 aromatic carbocycles. The Labute approximate surface area is 139 Å². The lowest BCUT2D eigenvalue weighted by atomic mass is 10.0. The van der Waals surface area contributed by atoms with Gasteiger partial charge >= 0.3 is 0 Å². The van der Waals surface area contributed by atoms with Crippen LogP contribution in [0.2, 0.25) is 0 Å². The molecule has 4 nitrogen and oxygen atoms in total. The van der Waals surface area contributed by atoms with Crippen molar-refractivity contribution in [2.75, 3.05) is 26.7 Å². The fourth-order valence-corrected chi connectivity index (χ4v) is 4.07. The van der Waals surface area contributed by atoms with Gasteiger partial charge in [-0.05, 0) is 63.9 Å². The molecule has 2 fully saturated rings. The Morgan fingerprint density at radius 3 is 2.48 bits per heavy atom. The van der Waals surface area contributed by atoms with Crippen LogP contribution in [0, 0.1) is 0 Å². The van der Waals surface area contributed by atoms with Gasteiger partial charge in [0.05, 0.1) is 13.0 Å². The molecule has 2 aliphatic rings. The summed E-state index contributed by atoms with van der Waals surface area (Å²) in [5, 5.41) is 0. The van der Waals surface area contributed by atoms with Crippen molar-refractivity contribution in [3.63, 3.8) is 0 Å². The van der Waals surface area contributed by atoms with Crippen molar-refractivity contribution in [2.45, 2.75) is 51.1 Å². The van der Waals surface area contributed by atoms with E-state index in [1.807, 2.05) is 31.2 Å². The van der Waals surface area contributed by atoms with Gasteiger partial charge in [0.2, 0.25) is 5.91 Å². The molecule has 0 N–H and O–H groups in total. The largest absolute Gasteiger partial charge is 0.494 e. The maximum atomic E-state index is 12.8. The smallest absolute Gasteiger partial charge is 0.227 e. The number of hydrogen-bond donors (Lipinski definition) is 0. The summed E-state index contributed by atoms with van der Waals surface area (Å²) in [6.45, 7) is 4.74. The third kappa shape index (κ3) is 3.69. The number of hydrogen-bond acceptors (Lipinski definition) is 3. The minimum atomic E-state index is 0.275. The number of ether oxygens (including phenoxy) is 1. The maximum Gasteiger partial charge on any atom is 0.227 e. The van der Waals surface area contributed by atoms with Crippen LogP contribution < -0.4 is 4.74 Å². The van der Waals surface area contributed by atoms with Crippen molar-refractivity contribution in [2.24, 2.45) is 0 Å². The molecular formula is C19H28N2O2. The Morgan fingerprint density at radius 2 is 1.83 bits per heavy atom. The zero-order valence-electron chi connectivity index (χ0n) is 14.3. The monoisotopic (exact) mass is 316 g/mol. The standard InChI is InChI=1S/C19H28N2O2/c1-3-23-16-10-8-15(9-11-16)14-19(22)21-13-5-7-18(21)17-6-4-12-20(17)2/h8-11,17-18H,3-7,12-14H2,1-2H3/t17-,18-/m1/s1. The number of amides is 1. The van der Waals surface area contributed by atoms with E-state index >= 15 is 0 Å². The van der Waals surface area contributed by atoms with E-state index in [-0.39, 0.29) is 5.91 Å². The molecule has 2 aliphatic heterocycles. The van der Waals surface area contributed by atoms with Crippen LogP contribution in [0.15, 0.2) is 24.3 Å². The van der Waals surface area contributed by atoms with Crippen LogP contribution in [0.1, 0.15) is 38.2 Å². The molecule has 2 heterocycles. The van der Waals surface area contributed by atoms with Crippen LogP contribution in [-0.2, 0) is 11.2 Å². The van der Waals surface area contributed by atoms with E-state index in [4.69, 9.17) is 4.74 Å². The van der Waals surface area contributed by atoms with E-state index in [1.54, 1.807) is 0 Å². The molecule has 2 atom stereocenters. The predicted octanol–water partition coefficient (Wildman–Crippen LogP) is 2.71. The lowest BCUT2D eigenvalue weighted by Gasteiger charge is -2.33. The van der Waals surface area contributed by atoms with Gasteiger partial charge in [0, 0.05) is 18.6 Å². The van der Waals surface area contributed by atoms with Gasteiger partial charge in [0.25, 0.3) is 0 Å². The number of carbonyl (C=O) groups is 1. The summed E-state index contributed by atoms with van der Waals surface area (Å²) in [6.07, 6.45) is 5.29. The van der Waals surface area contributed by atoms with Crippen LogP contribution in [0.25, 0.3) is 0 Å². The predicted molar refractivity (Wildman–Crippen MR) is 91.7 cm³/mol. The number of rotatable bonds is 5. The topological polar surface area (TPSA) is 32.8 Å². The van der Waals surface area contributed by atoms with E-state index in [9.17, 15) is 4.79 Å². The molecule has 0 saturated carbocycles. The van der Waals surface area contributed by atoms with Crippen LogP contribution >= 0.6 is 0 Å². The zero-order valence-corrected chi connectivity index (χ0v) is 14.3. The van der Waals surface area contributed by atoms with Crippen molar-refractivity contribution in [1.82, 2.24) is 9.80 Å². The van der Waals surface area contributed by atoms with E-state index in [1.165, 1.54) is 19.4 Å². The van der Waals surface area contributed by atoms with E-state index in [0.29, 0.717) is 25.1 Å². The van der Waals surface area contributed by atoms with Gasteiger partial charge in [-0.2, -0.15) is 0 Å². The number of nitrogens with zero attached hydrogens (tertiary/aromatic N) is 2. The van der Waals surface area contributed by atoms with Crippen LogP contribution in [0.3, 0.4) is 0 Å². The van der Waals surface area contributed by atoms with Gasteiger partial charge < -0.3 is 14.5 Å². The van der Waals surface area contributed by atoms with Crippen LogP contribution in [0.4, 0.5) is 0 Å². The van der Waals surface area contributed by atoms with Gasteiger partial charge in [-0.1, -0.05) is 12.1 Å². The lowest BCUT2D eigenvalue weighted by Crippen LogP contribution is -2.47. The Hall–Kier alpha value is -1.55. The van der Waals surface area contributed by atoms with Crippen molar-refractivity contribution in [3.8, 4) is 5.75 Å². The quantitative estimate of drug-likeness (QED) is 0.837. The lowest BCUT2D eigenvalue weighted by molar-refractivity contribution is -0.132. The summed E-state index contributed by atoms with van der Waals surface area (Å²) in [6, 6.07) is 8.90. The molecule has 0 aromatic heterocycles. The third-order valence-corrected chi connectivity index (χ3v) is 5.23. The third-order valence-electron chi connectivity index (χ3n) is 5.23. The molecule has 3 rings (SSSR count). The second kappa shape index (κ2) is 7.35. The molecule has 126 valence electrons. The highest BCUT2D eigenvalue weighted by molar-refractivity contribution is 5.79. The fraction of sp³-hybridized carbons (Fsp3) is 0.632. The molecule has 1 aromatic rings. The molecule has 4 heteroatoms. The summed E-state index contributed by atoms with van der Waals surface area (Å²) < 4.78 is 5.46. The Balaban J connectivity index is 1.62. The van der Waals surface area contributed by atoms with E-state index < -0.39 is 0 Å². The minimum Gasteiger partial charge on any atom is -0.494 e. The molecule has 0 radical (unpaired) electrons. The Kier molecular flexibility index (Phi) is 5.21. The first-order chi connectivity index (χ1) is 11.2. The van der Waals surface area contributed by atoms with E-state index in [0.717, 1.165) is 30.7 Å². The molecule has 0 unspecified atom stereocenters. The first-order valence-corrected chi connectivity index (χ1v) is 8.90. The van der Waals surface area contributed by atoms with Crippen LogP contribution in [-0.4, -0.2) is 54.5 Å². The highest BCUT2D eigenvalue weighted by Gasteiger charge is 2.38. The van der Waals surface area contributed by atoms with Gasteiger partial charge in [-0.3, -0.25) is 4.79 Å². The zero-order chi connectivity index (χ0) is 16.2. The molecule has 2 saturated heterocycles. The molecule has 1 amide bonds. The number of benzene rings is 1. The second-order valence-corrected chi connectivity index (χ2v) is 6.74. The average Bonchev–Trinajstić information content (AvgIpc) is 3.17. The Bertz CT molecular complexity index is 529. The highest BCUT2D eigenvalue weighted by atomic mass is 16.5. The van der Waals surface area contributed by atoms with Crippen molar-refractivity contribution in [3.05, 3.63) is 29.8 Å². The average molecular weight is 316 g/mol. The van der Waals surface area contributed by atoms with Crippen molar-refractivity contribution < 1.29 is 9.53 Å². The fourth-order valence-electron chi connectivity index (χ4n) is 4.07. The molecule has 23 heavy (non-hydrogen) atoms. The number of likely N-dealkylation sites (N-methyl/N-ethyl adjacent to an activating group) is 1. The first-order valence-electron chi connectivity index (χ1n) is 8.90. The Morgan fingerprint density at radius 1 is 1.13 bits per heavy atom. The van der Waals surface area contributed by atoms with Gasteiger partial charge in [-0.15, -0.1) is 0 Å². The van der Waals surface area contributed by atoms with Crippen LogP contribution in [0.5, 0.6) is 5.75 Å². The van der Waals surface area contributed by atoms with Crippen molar-refractivity contribution in [1.29, 1.82) is 0 Å². The summed E-state index contributed by atoms with van der Waals surface area (Å²) >= 11 is 0. The SMILES string of the molecule is CCOc1ccc(CC(=O)N2CCC[C@@H]2[C@H]2CCCN2C)cc1. The number of carbonyl (C=O) groups excluding carboxylic acids is 1.